The zero-order valence-corrected chi connectivity index (χ0v) is 9.31. The molecule has 0 spiro atoms. The summed E-state index contributed by atoms with van der Waals surface area (Å²) in [6.45, 7) is 5.46. The van der Waals surface area contributed by atoms with Gasteiger partial charge in [0.2, 0.25) is 11.4 Å². The van der Waals surface area contributed by atoms with E-state index in [-0.39, 0.29) is 0 Å². The van der Waals surface area contributed by atoms with Crippen LogP contribution in [-0.4, -0.2) is 13.0 Å². The van der Waals surface area contributed by atoms with Crippen molar-refractivity contribution in [1.29, 1.82) is 0 Å². The molecule has 15 heavy (non-hydrogen) atoms. The van der Waals surface area contributed by atoms with Crippen molar-refractivity contribution in [3.05, 3.63) is 29.1 Å². The Labute approximate surface area is 87.2 Å². The molecular weight excluding hydrogens is 228 g/mol. The number of hydrogen-bond acceptors (Lipinski definition) is 3. The van der Waals surface area contributed by atoms with Crippen LogP contribution in [0, 0.1) is 20.8 Å². The first-order chi connectivity index (χ1) is 6.61. The molecule has 0 fully saturated rings. The van der Waals surface area contributed by atoms with Gasteiger partial charge in [0.1, 0.15) is 0 Å². The predicted octanol–water partition coefficient (Wildman–Crippen LogP) is 1.05. The molecule has 0 aromatic carbocycles. The molecule has 1 aromatic rings. The normalized spacial score (nSPS) is 10.5. The first-order valence-electron chi connectivity index (χ1n) is 3.93. The van der Waals surface area contributed by atoms with Crippen LogP contribution in [-0.2, 0) is 10.5 Å². The molecular formula is C8H11F2NO3S. The predicted molar refractivity (Wildman–Crippen MR) is 48.2 cm³/mol. The highest BCUT2D eigenvalue weighted by atomic mass is 32.3. The van der Waals surface area contributed by atoms with Gasteiger partial charge >= 0.3 is 0 Å². The summed E-state index contributed by atoms with van der Waals surface area (Å²) < 4.78 is 48.2. The van der Waals surface area contributed by atoms with Gasteiger partial charge in [-0.15, -0.1) is 3.89 Å². The molecule has 1 heterocycles. The van der Waals surface area contributed by atoms with E-state index in [1.807, 2.05) is 19.1 Å². The third kappa shape index (κ3) is 6.92. The number of pyridine rings is 1. The number of aromatic nitrogens is 1. The molecule has 0 saturated carbocycles. The smallest absolute Gasteiger partial charge is 0.255 e. The molecule has 7 heteroatoms. The zero-order valence-electron chi connectivity index (χ0n) is 8.49. The molecule has 1 aromatic heterocycles. The third-order valence-electron chi connectivity index (χ3n) is 1.49. The molecule has 1 rings (SSSR count). The van der Waals surface area contributed by atoms with Gasteiger partial charge in [-0.2, -0.15) is 0 Å². The number of halogens is 2. The Morgan fingerprint density at radius 1 is 1.20 bits per heavy atom. The Balaban J connectivity index is 0.000000336. The van der Waals surface area contributed by atoms with Crippen LogP contribution in [0.15, 0.2) is 12.1 Å². The molecule has 0 radical (unpaired) electrons. The second kappa shape index (κ2) is 5.13. The van der Waals surface area contributed by atoms with E-state index in [0.717, 1.165) is 5.56 Å². The van der Waals surface area contributed by atoms with Crippen molar-refractivity contribution in [3.63, 3.8) is 0 Å². The summed E-state index contributed by atoms with van der Waals surface area (Å²) >= 11 is 0. The van der Waals surface area contributed by atoms with Crippen molar-refractivity contribution in [1.82, 2.24) is 0 Å². The average Bonchev–Trinajstić information content (AvgIpc) is 1.96. The first-order valence-corrected chi connectivity index (χ1v) is 5.23. The summed E-state index contributed by atoms with van der Waals surface area (Å²) in [4.78, 5) is 0.688. The topological polar surface area (TPSA) is 61.1 Å². The van der Waals surface area contributed by atoms with E-state index in [1.165, 1.54) is 0 Å². The molecule has 0 aliphatic heterocycles. The van der Waals surface area contributed by atoms with E-state index in [4.69, 9.17) is 13.0 Å². The standard InChI is InChI=1S/C8H11FN.FHO3S/c1-6-4-7(2)10(9)8(3)5-6;1-5(2,3)4/h4-5H,1-3H3;(H,2,3,4)/q+1;/p-1. The van der Waals surface area contributed by atoms with E-state index in [0.29, 0.717) is 16.2 Å². The molecule has 0 amide bonds. The van der Waals surface area contributed by atoms with Crippen molar-refractivity contribution >= 4 is 10.5 Å². The highest BCUT2D eigenvalue weighted by Gasteiger charge is 2.09. The van der Waals surface area contributed by atoms with Crippen LogP contribution in [0.2, 0.25) is 0 Å². The van der Waals surface area contributed by atoms with E-state index >= 15 is 0 Å². The second-order valence-electron chi connectivity index (χ2n) is 2.99. The van der Waals surface area contributed by atoms with Crippen molar-refractivity contribution in [2.45, 2.75) is 20.8 Å². The second-order valence-corrected chi connectivity index (χ2v) is 3.78. The number of nitrogens with zero attached hydrogens (tertiary/aromatic N) is 1. The van der Waals surface area contributed by atoms with E-state index in [2.05, 4.69) is 0 Å². The van der Waals surface area contributed by atoms with Gasteiger partial charge in [-0.1, -0.05) is 0 Å². The Morgan fingerprint density at radius 2 is 1.47 bits per heavy atom. The van der Waals surface area contributed by atoms with Crippen molar-refractivity contribution in [3.8, 4) is 0 Å². The van der Waals surface area contributed by atoms with Crippen LogP contribution in [0.5, 0.6) is 0 Å². The maximum atomic E-state index is 12.8. The van der Waals surface area contributed by atoms with Gasteiger partial charge in [-0.3, -0.25) is 0 Å². The summed E-state index contributed by atoms with van der Waals surface area (Å²) in [5, 5.41) is 0. The van der Waals surface area contributed by atoms with Gasteiger partial charge < -0.3 is 4.55 Å². The van der Waals surface area contributed by atoms with Gasteiger partial charge in [-0.05, 0) is 12.5 Å². The van der Waals surface area contributed by atoms with E-state index < -0.39 is 10.5 Å². The summed E-state index contributed by atoms with van der Waals surface area (Å²) in [6.07, 6.45) is 0. The van der Waals surface area contributed by atoms with Crippen LogP contribution < -0.4 is 4.79 Å². The molecule has 0 unspecified atom stereocenters. The molecule has 0 atom stereocenters. The molecule has 4 nitrogen and oxygen atoms in total. The Kier molecular flexibility index (Phi) is 4.76. The first kappa shape index (κ1) is 13.9. The quantitative estimate of drug-likeness (QED) is 0.502. The minimum Gasteiger partial charge on any atom is -0.722 e. The molecule has 86 valence electrons. The third-order valence-corrected chi connectivity index (χ3v) is 1.49. The molecule has 0 bridgehead atoms. The highest BCUT2D eigenvalue weighted by molar-refractivity contribution is 7.80. The Hall–Kier alpha value is -1.08. The van der Waals surface area contributed by atoms with E-state index in [9.17, 15) is 8.37 Å². The minimum absolute atomic E-state index is 0.650. The maximum absolute atomic E-state index is 12.8. The summed E-state index contributed by atoms with van der Waals surface area (Å²) in [5.74, 6) is 0. The monoisotopic (exact) mass is 239 g/mol. The van der Waals surface area contributed by atoms with Crippen LogP contribution in [0.1, 0.15) is 17.0 Å². The van der Waals surface area contributed by atoms with Crippen LogP contribution in [0.25, 0.3) is 0 Å². The van der Waals surface area contributed by atoms with Crippen molar-refractivity contribution in [2.24, 2.45) is 0 Å². The Morgan fingerprint density at radius 3 is 1.73 bits per heavy atom. The average molecular weight is 239 g/mol. The van der Waals surface area contributed by atoms with Gasteiger partial charge in [0.15, 0.2) is 0 Å². The largest absolute Gasteiger partial charge is 0.722 e. The molecule has 0 saturated heterocycles. The maximum Gasteiger partial charge on any atom is 0.255 e. The Bertz CT molecular complexity index is 414. The fourth-order valence-electron chi connectivity index (χ4n) is 1.09. The van der Waals surface area contributed by atoms with Crippen molar-refractivity contribution < 1.29 is 26.1 Å². The molecule has 0 aliphatic rings. The van der Waals surface area contributed by atoms with Gasteiger partial charge in [0.05, 0.1) is 4.48 Å². The fourth-order valence-corrected chi connectivity index (χ4v) is 1.09. The lowest BCUT2D eigenvalue weighted by atomic mass is 10.2. The summed E-state index contributed by atoms with van der Waals surface area (Å²) in [5.41, 5.74) is 2.40. The van der Waals surface area contributed by atoms with Crippen LogP contribution in [0.4, 0.5) is 8.37 Å². The van der Waals surface area contributed by atoms with Gasteiger partial charge in [0.25, 0.3) is 10.5 Å². The van der Waals surface area contributed by atoms with Crippen LogP contribution >= 0.6 is 0 Å². The SMILES string of the molecule is Cc1cc(C)[n+](F)c(C)c1.O=S(=O)([O-])F. The van der Waals surface area contributed by atoms with E-state index in [1.54, 1.807) is 13.8 Å². The van der Waals surface area contributed by atoms with Crippen molar-refractivity contribution in [2.75, 3.05) is 0 Å². The lowest BCUT2D eigenvalue weighted by molar-refractivity contribution is -0.852. The molecule has 0 aliphatic carbocycles. The summed E-state index contributed by atoms with van der Waals surface area (Å²) in [6, 6.07) is 3.62. The minimum atomic E-state index is -5.42. The van der Waals surface area contributed by atoms with Gasteiger partial charge in [0, 0.05) is 30.8 Å². The number of hydrogen-bond donors (Lipinski definition) is 0. The lowest BCUT2D eigenvalue weighted by Gasteiger charge is -1.92. The fraction of sp³-hybridized carbons (Fsp3) is 0.375. The number of rotatable bonds is 0. The van der Waals surface area contributed by atoms with Crippen LogP contribution in [0.3, 0.4) is 0 Å². The lowest BCUT2D eigenvalue weighted by Crippen LogP contribution is -2.30. The number of aryl methyl sites for hydroxylation is 3. The zero-order chi connectivity index (χ0) is 12.2. The van der Waals surface area contributed by atoms with Gasteiger partial charge in [-0.25, -0.2) is 8.42 Å². The summed E-state index contributed by atoms with van der Waals surface area (Å²) in [7, 11) is -5.42. The molecule has 0 N–H and O–H groups in total. The highest BCUT2D eigenvalue weighted by Crippen LogP contribution is 2.00.